The molecule has 1 spiro atoms. The lowest BCUT2D eigenvalue weighted by atomic mass is 9.62. The Morgan fingerprint density at radius 2 is 1.91 bits per heavy atom. The first-order valence-corrected chi connectivity index (χ1v) is 20.5. The molecule has 0 radical (unpaired) electrons. The van der Waals surface area contributed by atoms with E-state index < -0.39 is 61.8 Å². The fraction of sp³-hybridized carbons (Fsp3) is 0.550. The molecular weight excluding hydrogens is 734 g/mol. The maximum Gasteiger partial charge on any atom is 0.336 e. The molecule has 2 aromatic rings. The highest BCUT2D eigenvalue weighted by Gasteiger charge is 2.50. The predicted octanol–water partition coefficient (Wildman–Crippen LogP) is 4.91. The summed E-state index contributed by atoms with van der Waals surface area (Å²) in [5.74, 6) is -2.68. The first kappa shape index (κ1) is 39.7. The number of rotatable bonds is 6. The Morgan fingerprint density at radius 3 is 2.59 bits per heavy atom. The van der Waals surface area contributed by atoms with Crippen LogP contribution in [0.15, 0.2) is 48.6 Å². The van der Waals surface area contributed by atoms with Gasteiger partial charge in [0.15, 0.2) is 11.8 Å². The topological polar surface area (TPSA) is 157 Å². The Bertz CT molecular complexity index is 1950. The highest BCUT2D eigenvalue weighted by atomic mass is 35.5. The number of halogens is 1. The molecule has 12 nitrogen and oxygen atoms in total. The Labute approximate surface area is 322 Å². The normalized spacial score (nSPS) is 30.2. The molecule has 2 aliphatic heterocycles. The summed E-state index contributed by atoms with van der Waals surface area (Å²) < 4.78 is 47.0. The van der Waals surface area contributed by atoms with Gasteiger partial charge in [-0.1, -0.05) is 36.7 Å². The van der Waals surface area contributed by atoms with Crippen LogP contribution in [0.4, 0.5) is 5.69 Å². The number of ketones is 1. The number of nitrogens with one attached hydrogen (secondary N) is 2. The summed E-state index contributed by atoms with van der Waals surface area (Å²) in [6, 6.07) is 9.61. The molecule has 1 fully saturated rings. The lowest BCUT2D eigenvalue weighted by Gasteiger charge is -2.50. The second-order valence-corrected chi connectivity index (χ2v) is 18.0. The van der Waals surface area contributed by atoms with E-state index in [1.807, 2.05) is 24.3 Å². The van der Waals surface area contributed by atoms with Gasteiger partial charge in [0, 0.05) is 36.2 Å². The Morgan fingerprint density at radius 1 is 1.13 bits per heavy atom. The van der Waals surface area contributed by atoms with Crippen LogP contribution in [0, 0.1) is 17.8 Å². The molecule has 0 aromatic heterocycles. The fourth-order valence-corrected chi connectivity index (χ4v) is 10.2. The molecule has 1 saturated carbocycles. The van der Waals surface area contributed by atoms with Gasteiger partial charge in [0.05, 0.1) is 36.7 Å². The number of esters is 1. The van der Waals surface area contributed by atoms with Crippen molar-refractivity contribution in [3.63, 3.8) is 0 Å². The average Bonchev–Trinajstić information content (AvgIpc) is 3.27. The van der Waals surface area contributed by atoms with Crippen molar-refractivity contribution < 1.29 is 41.8 Å². The largest absolute Gasteiger partial charge is 0.490 e. The third kappa shape index (κ3) is 7.77. The summed E-state index contributed by atoms with van der Waals surface area (Å²) in [6.07, 6.45) is 8.06. The van der Waals surface area contributed by atoms with Crippen molar-refractivity contribution in [3.8, 4) is 5.75 Å². The molecule has 2 bridgehead atoms. The second-order valence-electron chi connectivity index (χ2n) is 15.5. The van der Waals surface area contributed by atoms with E-state index in [4.69, 9.17) is 25.8 Å². The number of benzene rings is 2. The maximum absolute atomic E-state index is 13.7. The van der Waals surface area contributed by atoms with Crippen molar-refractivity contribution >= 4 is 50.9 Å². The van der Waals surface area contributed by atoms with Gasteiger partial charge in [-0.25, -0.2) is 17.9 Å². The van der Waals surface area contributed by atoms with Crippen molar-refractivity contribution in [3.05, 3.63) is 70.3 Å². The number of carbonyl (C=O) groups excluding carboxylic acids is 4. The van der Waals surface area contributed by atoms with Crippen molar-refractivity contribution in [2.45, 2.75) is 88.0 Å². The highest BCUT2D eigenvalue weighted by molar-refractivity contribution is 7.90. The molecule has 7 atom stereocenters. The summed E-state index contributed by atoms with van der Waals surface area (Å²) in [5.41, 5.74) is 1.67. The van der Waals surface area contributed by atoms with Gasteiger partial charge in [0.1, 0.15) is 5.75 Å². The summed E-state index contributed by atoms with van der Waals surface area (Å²) in [7, 11) is -1.40. The first-order valence-electron chi connectivity index (χ1n) is 18.6. The quantitative estimate of drug-likeness (QED) is 0.235. The molecule has 2 amide bonds. The molecule has 2 aliphatic carbocycles. The zero-order valence-electron chi connectivity index (χ0n) is 31.5. The Kier molecular flexibility index (Phi) is 11.5. The number of ether oxygens (including phenoxy) is 3. The zero-order chi connectivity index (χ0) is 39.0. The van der Waals surface area contributed by atoms with Crippen LogP contribution in [-0.2, 0) is 45.7 Å². The summed E-state index contributed by atoms with van der Waals surface area (Å²) in [6.45, 7) is 6.05. The van der Waals surface area contributed by atoms with E-state index in [-0.39, 0.29) is 23.8 Å². The van der Waals surface area contributed by atoms with E-state index in [0.717, 1.165) is 39.2 Å². The zero-order valence-corrected chi connectivity index (χ0v) is 33.1. The molecule has 0 saturated heterocycles. The van der Waals surface area contributed by atoms with Crippen LogP contribution in [0.25, 0.3) is 0 Å². The smallest absolute Gasteiger partial charge is 0.336 e. The van der Waals surface area contributed by atoms with E-state index in [9.17, 15) is 27.6 Å². The number of aryl methyl sites for hydroxylation is 1. The molecule has 6 rings (SSSR count). The van der Waals surface area contributed by atoms with E-state index in [0.29, 0.717) is 42.6 Å². The minimum atomic E-state index is -4.09. The van der Waals surface area contributed by atoms with Crippen LogP contribution in [0.5, 0.6) is 5.75 Å². The molecule has 14 heteroatoms. The lowest BCUT2D eigenvalue weighted by Crippen LogP contribution is -2.55. The van der Waals surface area contributed by atoms with Gasteiger partial charge in [-0.2, -0.15) is 0 Å². The van der Waals surface area contributed by atoms with Gasteiger partial charge in [-0.3, -0.25) is 14.4 Å². The third-order valence-electron chi connectivity index (χ3n) is 12.2. The average molecular weight is 784 g/mol. The van der Waals surface area contributed by atoms with Crippen molar-refractivity contribution in [2.75, 3.05) is 38.8 Å². The summed E-state index contributed by atoms with van der Waals surface area (Å²) >= 11 is 6.45. The standard InChI is InChI=1S/C40H50ClN3O9S/c1-24-8-6-17-40(52-5,20-35(46)42-36(25(2)45)38(48)51-4)32-13-10-29(32)21-44-22-39(16-7-9-27-18-30(41)12-14-31(27)39)23-53-34-15-11-28(19-33(34)44)37(47)43-54(49,50)26(24)3/h6,11-12,14-15,17-19,24,26,29,32,36H,7-10,13,16,20-23H2,1-5H3,(H,42,46)(H,43,47)/b17-6-/t24-,26+,29-,32+,36+,39-,40+/m0/s1. The minimum absolute atomic E-state index is 0.0185. The predicted molar refractivity (Wildman–Crippen MR) is 204 cm³/mol. The lowest BCUT2D eigenvalue weighted by molar-refractivity contribution is -0.149. The van der Waals surface area contributed by atoms with Crippen LogP contribution in [0.3, 0.4) is 0 Å². The summed E-state index contributed by atoms with van der Waals surface area (Å²) in [4.78, 5) is 54.3. The molecule has 2 aromatic carbocycles. The van der Waals surface area contributed by atoms with Crippen LogP contribution < -0.4 is 19.7 Å². The third-order valence-corrected chi connectivity index (χ3v) is 14.3. The van der Waals surface area contributed by atoms with Gasteiger partial charge in [-0.05, 0) is 112 Å². The van der Waals surface area contributed by atoms with Gasteiger partial charge in [0.25, 0.3) is 5.91 Å². The van der Waals surface area contributed by atoms with Crippen LogP contribution in [0.1, 0.15) is 80.8 Å². The molecular formula is C40H50ClN3O9S. The number of carbonyl (C=O) groups is 4. The van der Waals surface area contributed by atoms with Gasteiger partial charge >= 0.3 is 5.97 Å². The number of amides is 2. The van der Waals surface area contributed by atoms with Gasteiger partial charge in [-0.15, -0.1) is 0 Å². The van der Waals surface area contributed by atoms with E-state index in [2.05, 4.69) is 21.0 Å². The number of methoxy groups -OCH3 is 2. The number of Topliss-reactive ketones (excluding diaryl/α,β-unsaturated/α-hetero) is 1. The second kappa shape index (κ2) is 15.7. The molecule has 2 heterocycles. The molecule has 292 valence electrons. The van der Waals surface area contributed by atoms with E-state index in [1.165, 1.54) is 18.1 Å². The number of anilines is 1. The number of nitrogens with zero attached hydrogens (tertiary/aromatic N) is 1. The highest BCUT2D eigenvalue weighted by Crippen LogP contribution is 2.50. The van der Waals surface area contributed by atoms with Crippen LogP contribution in [-0.4, -0.2) is 82.8 Å². The number of fused-ring (bicyclic) bond motifs is 4. The van der Waals surface area contributed by atoms with Gasteiger partial charge < -0.3 is 24.4 Å². The Hall–Kier alpha value is -3.94. The first-order chi connectivity index (χ1) is 25.6. The monoisotopic (exact) mass is 783 g/mol. The van der Waals surface area contributed by atoms with Crippen LogP contribution >= 0.6 is 11.6 Å². The number of allylic oxidation sites excluding steroid dienone is 1. The fourth-order valence-electron chi connectivity index (χ4n) is 8.74. The van der Waals surface area contributed by atoms with Crippen molar-refractivity contribution in [2.24, 2.45) is 17.8 Å². The SMILES string of the molecule is COC(=O)[C@H](NC(=O)C[C@]1(OC)/C=C\C[C@H](C)[C@@H](C)S(=O)(=O)NC(=O)c2ccc3c(c2)N(C[C@@H]2CC[C@H]21)C[C@@]1(CCCc2cc(Cl)ccc21)CO3)C(C)=O. The van der Waals surface area contributed by atoms with Crippen LogP contribution in [0.2, 0.25) is 5.02 Å². The van der Waals surface area contributed by atoms with Gasteiger partial charge in [0.2, 0.25) is 15.9 Å². The Balaban J connectivity index is 1.44. The van der Waals surface area contributed by atoms with Crippen molar-refractivity contribution in [1.82, 2.24) is 10.0 Å². The van der Waals surface area contributed by atoms with E-state index >= 15 is 0 Å². The summed E-state index contributed by atoms with van der Waals surface area (Å²) in [5, 5.41) is 2.29. The molecule has 54 heavy (non-hydrogen) atoms. The molecule has 0 unspecified atom stereocenters. The molecule has 2 N–H and O–H groups in total. The number of sulfonamides is 1. The molecule has 4 aliphatic rings. The number of hydrogen-bond donors (Lipinski definition) is 2. The maximum atomic E-state index is 13.7. The van der Waals surface area contributed by atoms with E-state index in [1.54, 1.807) is 39.2 Å². The van der Waals surface area contributed by atoms with Crippen molar-refractivity contribution in [1.29, 1.82) is 0 Å². The number of hydrogen-bond acceptors (Lipinski definition) is 10. The minimum Gasteiger partial charge on any atom is -0.490 e.